The summed E-state index contributed by atoms with van der Waals surface area (Å²) in [5.41, 5.74) is 0.896. The Balaban J connectivity index is 2.86. The molecule has 1 heterocycles. The predicted molar refractivity (Wildman–Crippen MR) is 54.9 cm³/mol. The van der Waals surface area contributed by atoms with Gasteiger partial charge >= 0.3 is 5.97 Å². The highest BCUT2D eigenvalue weighted by atomic mass is 35.5. The van der Waals surface area contributed by atoms with Crippen LogP contribution in [0.25, 0.3) is 10.9 Å². The summed E-state index contributed by atoms with van der Waals surface area (Å²) < 4.78 is 1.81. The summed E-state index contributed by atoms with van der Waals surface area (Å²) in [6, 6.07) is 5.17. The number of halogens is 1. The molecule has 0 atom stereocenters. The second-order valence-corrected chi connectivity index (χ2v) is 3.47. The first-order valence-corrected chi connectivity index (χ1v) is 4.46. The Hall–Kier alpha value is -1.48. The number of hydrogen-bond acceptors (Lipinski definition) is 1. The summed E-state index contributed by atoms with van der Waals surface area (Å²) in [7, 11) is 1.83. The summed E-state index contributed by atoms with van der Waals surface area (Å²) >= 11 is 5.98. The first kappa shape index (κ1) is 9.09. The molecular formula is C10H8ClNO2. The molecule has 14 heavy (non-hydrogen) atoms. The Bertz CT molecular complexity index is 516. The predicted octanol–water partition coefficient (Wildman–Crippen LogP) is 2.53. The zero-order valence-electron chi connectivity index (χ0n) is 7.49. The minimum Gasteiger partial charge on any atom is -0.478 e. The van der Waals surface area contributed by atoms with Gasteiger partial charge in [-0.1, -0.05) is 17.7 Å². The molecule has 0 spiro atoms. The first-order valence-electron chi connectivity index (χ1n) is 4.08. The number of benzene rings is 1. The molecule has 0 aliphatic rings. The minimum absolute atomic E-state index is 0.140. The summed E-state index contributed by atoms with van der Waals surface area (Å²) in [5, 5.41) is 10.1. The Labute approximate surface area is 85.5 Å². The lowest BCUT2D eigenvalue weighted by molar-refractivity contribution is 0.0697. The monoisotopic (exact) mass is 209 g/mol. The van der Waals surface area contributed by atoms with E-state index in [0.29, 0.717) is 5.02 Å². The van der Waals surface area contributed by atoms with Gasteiger partial charge in [-0.05, 0) is 12.1 Å². The fraction of sp³-hybridized carbons (Fsp3) is 0.100. The third kappa shape index (κ3) is 1.17. The highest BCUT2D eigenvalue weighted by Gasteiger charge is 2.13. The zero-order valence-corrected chi connectivity index (χ0v) is 8.25. The van der Waals surface area contributed by atoms with Crippen molar-refractivity contribution in [2.24, 2.45) is 7.05 Å². The summed E-state index contributed by atoms with van der Waals surface area (Å²) in [4.78, 5) is 10.8. The molecule has 0 aliphatic heterocycles. The topological polar surface area (TPSA) is 42.2 Å². The van der Waals surface area contributed by atoms with Crippen molar-refractivity contribution in [2.75, 3.05) is 0 Å². The van der Waals surface area contributed by atoms with Crippen LogP contribution >= 0.6 is 11.6 Å². The van der Waals surface area contributed by atoms with Gasteiger partial charge in [0.25, 0.3) is 0 Å². The molecule has 0 unspecified atom stereocenters. The van der Waals surface area contributed by atoms with Crippen LogP contribution in [-0.2, 0) is 7.05 Å². The highest BCUT2D eigenvalue weighted by molar-refractivity contribution is 6.38. The summed E-state index contributed by atoms with van der Waals surface area (Å²) in [6.45, 7) is 0. The van der Waals surface area contributed by atoms with Crippen LogP contribution in [0.1, 0.15) is 10.4 Å². The van der Waals surface area contributed by atoms with Crippen molar-refractivity contribution in [3.63, 3.8) is 0 Å². The van der Waals surface area contributed by atoms with Crippen LogP contribution in [0.5, 0.6) is 0 Å². The van der Waals surface area contributed by atoms with E-state index in [9.17, 15) is 4.79 Å². The average molecular weight is 210 g/mol. The van der Waals surface area contributed by atoms with Gasteiger partial charge in [-0.15, -0.1) is 0 Å². The molecule has 0 saturated heterocycles. The van der Waals surface area contributed by atoms with E-state index in [0.717, 1.165) is 10.9 Å². The van der Waals surface area contributed by atoms with Gasteiger partial charge in [0.1, 0.15) is 0 Å². The van der Waals surface area contributed by atoms with E-state index in [1.54, 1.807) is 6.07 Å². The Morgan fingerprint density at radius 1 is 1.43 bits per heavy atom. The molecule has 2 aromatic rings. The number of carboxylic acid groups (broad SMARTS) is 1. The lowest BCUT2D eigenvalue weighted by atomic mass is 10.1. The number of hydrogen-bond donors (Lipinski definition) is 1. The first-order chi connectivity index (χ1) is 6.61. The normalized spacial score (nSPS) is 10.7. The molecule has 0 saturated carbocycles. The van der Waals surface area contributed by atoms with Gasteiger partial charge in [-0.2, -0.15) is 0 Å². The van der Waals surface area contributed by atoms with E-state index in [2.05, 4.69) is 0 Å². The fourth-order valence-electron chi connectivity index (χ4n) is 1.50. The van der Waals surface area contributed by atoms with Gasteiger partial charge in [-0.25, -0.2) is 4.79 Å². The lowest BCUT2D eigenvalue weighted by Crippen LogP contribution is -1.98. The zero-order chi connectivity index (χ0) is 10.3. The van der Waals surface area contributed by atoms with Crippen molar-refractivity contribution < 1.29 is 9.90 Å². The van der Waals surface area contributed by atoms with Crippen molar-refractivity contribution in [1.29, 1.82) is 0 Å². The molecule has 1 aromatic heterocycles. The number of nitrogens with zero attached hydrogens (tertiary/aromatic N) is 1. The van der Waals surface area contributed by atoms with Crippen LogP contribution in [0.3, 0.4) is 0 Å². The maximum atomic E-state index is 10.8. The number of carbonyl (C=O) groups is 1. The number of aryl methyl sites for hydroxylation is 1. The SMILES string of the molecule is Cn1ccc2ccc(C(=O)O)c(Cl)c21. The molecule has 0 radical (unpaired) electrons. The van der Waals surface area contributed by atoms with Crippen molar-refractivity contribution in [2.45, 2.75) is 0 Å². The molecule has 4 heteroatoms. The molecule has 2 rings (SSSR count). The quantitative estimate of drug-likeness (QED) is 0.784. The molecule has 0 aliphatic carbocycles. The van der Waals surface area contributed by atoms with Crippen LogP contribution < -0.4 is 0 Å². The van der Waals surface area contributed by atoms with Gasteiger partial charge < -0.3 is 9.67 Å². The molecule has 0 amide bonds. The van der Waals surface area contributed by atoms with Gasteiger partial charge in [0.05, 0.1) is 16.1 Å². The second kappa shape index (κ2) is 3.03. The van der Waals surface area contributed by atoms with Crippen LogP contribution in [0.2, 0.25) is 5.02 Å². The largest absolute Gasteiger partial charge is 0.478 e. The number of fused-ring (bicyclic) bond motifs is 1. The lowest BCUT2D eigenvalue weighted by Gasteiger charge is -2.02. The van der Waals surface area contributed by atoms with Crippen LogP contribution in [0.4, 0.5) is 0 Å². The summed E-state index contributed by atoms with van der Waals surface area (Å²) in [5.74, 6) is -1.00. The molecule has 1 N–H and O–H groups in total. The van der Waals surface area contributed by atoms with Gasteiger partial charge in [0, 0.05) is 18.6 Å². The molecule has 1 aromatic carbocycles. The van der Waals surface area contributed by atoms with Crippen LogP contribution in [0, 0.1) is 0 Å². The highest BCUT2D eigenvalue weighted by Crippen LogP contribution is 2.27. The van der Waals surface area contributed by atoms with E-state index in [-0.39, 0.29) is 5.56 Å². The van der Waals surface area contributed by atoms with Crippen molar-refractivity contribution in [3.05, 3.63) is 35.0 Å². The third-order valence-electron chi connectivity index (χ3n) is 2.21. The van der Waals surface area contributed by atoms with Crippen LogP contribution in [-0.4, -0.2) is 15.6 Å². The number of aromatic nitrogens is 1. The van der Waals surface area contributed by atoms with E-state index in [4.69, 9.17) is 16.7 Å². The Morgan fingerprint density at radius 3 is 2.79 bits per heavy atom. The van der Waals surface area contributed by atoms with Gasteiger partial charge in [0.15, 0.2) is 0 Å². The second-order valence-electron chi connectivity index (χ2n) is 3.10. The average Bonchev–Trinajstić information content (AvgIpc) is 2.48. The smallest absolute Gasteiger partial charge is 0.337 e. The maximum absolute atomic E-state index is 10.8. The molecular weight excluding hydrogens is 202 g/mol. The van der Waals surface area contributed by atoms with Crippen molar-refractivity contribution in [1.82, 2.24) is 4.57 Å². The van der Waals surface area contributed by atoms with Crippen molar-refractivity contribution in [3.8, 4) is 0 Å². The molecule has 72 valence electrons. The van der Waals surface area contributed by atoms with E-state index in [1.165, 1.54) is 6.07 Å². The van der Waals surface area contributed by atoms with Gasteiger partial charge in [-0.3, -0.25) is 0 Å². The number of carboxylic acids is 1. The van der Waals surface area contributed by atoms with E-state index >= 15 is 0 Å². The number of aromatic carboxylic acids is 1. The summed E-state index contributed by atoms with van der Waals surface area (Å²) in [6.07, 6.45) is 1.85. The third-order valence-corrected chi connectivity index (χ3v) is 2.59. The fourth-order valence-corrected chi connectivity index (χ4v) is 1.89. The standard InChI is InChI=1S/C10H8ClNO2/c1-12-5-4-6-2-3-7(10(13)14)8(11)9(6)12/h2-5H,1H3,(H,13,14). The Morgan fingerprint density at radius 2 is 2.14 bits per heavy atom. The molecule has 0 bridgehead atoms. The maximum Gasteiger partial charge on any atom is 0.337 e. The van der Waals surface area contributed by atoms with Crippen LogP contribution in [0.15, 0.2) is 24.4 Å². The molecule has 0 fully saturated rings. The Kier molecular flexibility index (Phi) is 1.97. The van der Waals surface area contributed by atoms with Gasteiger partial charge in [0.2, 0.25) is 0 Å². The van der Waals surface area contributed by atoms with Crippen molar-refractivity contribution >= 4 is 28.5 Å². The van der Waals surface area contributed by atoms with E-state index < -0.39 is 5.97 Å². The minimum atomic E-state index is -1.00. The molecule has 3 nitrogen and oxygen atoms in total. The van der Waals surface area contributed by atoms with E-state index in [1.807, 2.05) is 23.9 Å². The number of rotatable bonds is 1.